The number of hydrogen-bond donors (Lipinski definition) is 2. The number of aliphatic hydroxyl groups is 1. The zero-order chi connectivity index (χ0) is 27.7. The molecule has 0 aromatic heterocycles. The molecule has 0 aromatic rings. The molecule has 210 valence electrons. The molecule has 2 aliphatic rings. The molecule has 0 heterocycles. The van der Waals surface area contributed by atoms with Crippen molar-refractivity contribution in [3.63, 3.8) is 0 Å². The predicted molar refractivity (Wildman–Crippen MR) is 111 cm³/mol. The van der Waals surface area contributed by atoms with Gasteiger partial charge in [0.1, 0.15) is 6.10 Å². The summed E-state index contributed by atoms with van der Waals surface area (Å²) in [7, 11) is -6.38. The average Bonchev–Trinajstić information content (AvgIpc) is 2.74. The average molecular weight is 559 g/mol. The van der Waals surface area contributed by atoms with Crippen molar-refractivity contribution in [3.8, 4) is 0 Å². The second kappa shape index (κ2) is 10.7. The quantitative estimate of drug-likeness (QED) is 0.134. The summed E-state index contributed by atoms with van der Waals surface area (Å²) in [6.45, 7) is 2.27. The highest BCUT2D eigenvalue weighted by atomic mass is 32.2. The van der Waals surface area contributed by atoms with Gasteiger partial charge in [-0.1, -0.05) is 13.0 Å². The predicted octanol–water partition coefficient (Wildman–Crippen LogP) is 4.51. The first kappa shape index (κ1) is 30.8. The molecule has 2 fully saturated rings. The summed E-state index contributed by atoms with van der Waals surface area (Å²) in [5.74, 6) is -8.23. The van der Waals surface area contributed by atoms with Crippen LogP contribution in [0.25, 0.3) is 0 Å². The van der Waals surface area contributed by atoms with Gasteiger partial charge in [0.15, 0.2) is 5.60 Å². The number of hydrogen-bond acceptors (Lipinski definition) is 6. The summed E-state index contributed by atoms with van der Waals surface area (Å²) >= 11 is 0. The first-order valence-corrected chi connectivity index (χ1v) is 12.7. The van der Waals surface area contributed by atoms with Gasteiger partial charge in [-0.3, -0.25) is 4.55 Å². The summed E-state index contributed by atoms with van der Waals surface area (Å²) in [6, 6.07) is 0. The van der Waals surface area contributed by atoms with Crippen LogP contribution in [0.15, 0.2) is 12.2 Å². The van der Waals surface area contributed by atoms with Crippen LogP contribution in [-0.4, -0.2) is 66.3 Å². The number of carbonyl (C=O) groups excluding carboxylic acids is 1. The van der Waals surface area contributed by atoms with E-state index in [0.29, 0.717) is 32.1 Å². The number of halogens is 7. The topological polar surface area (TPSA) is 110 Å². The van der Waals surface area contributed by atoms with Gasteiger partial charge in [-0.15, -0.1) is 0 Å². The number of fused-ring (bicyclic) bond motifs is 1. The van der Waals surface area contributed by atoms with E-state index < -0.39 is 82.5 Å². The second-order valence-corrected chi connectivity index (χ2v) is 11.0. The van der Waals surface area contributed by atoms with Crippen LogP contribution >= 0.6 is 0 Å². The van der Waals surface area contributed by atoms with Gasteiger partial charge in [0, 0.05) is 6.42 Å². The van der Waals surface area contributed by atoms with Gasteiger partial charge in [-0.05, 0) is 56.8 Å². The van der Waals surface area contributed by atoms with E-state index >= 15 is 0 Å². The van der Waals surface area contributed by atoms with Crippen molar-refractivity contribution < 1.29 is 63.1 Å². The number of ether oxygens (including phenoxy) is 2. The minimum atomic E-state index is -6.38. The van der Waals surface area contributed by atoms with Crippen molar-refractivity contribution in [2.24, 2.45) is 17.8 Å². The lowest BCUT2D eigenvalue weighted by atomic mass is 9.60. The van der Waals surface area contributed by atoms with E-state index in [-0.39, 0.29) is 12.0 Å². The molecule has 0 bridgehead atoms. The molecule has 5 atom stereocenters. The minimum absolute atomic E-state index is 0.163. The van der Waals surface area contributed by atoms with Crippen LogP contribution in [0.4, 0.5) is 30.7 Å². The first-order valence-electron chi connectivity index (χ1n) is 11.2. The van der Waals surface area contributed by atoms with Crippen molar-refractivity contribution in [3.05, 3.63) is 12.2 Å². The molecule has 0 radical (unpaired) electrons. The maximum Gasteiger partial charge on any atom is 0.431 e. The Kier molecular flexibility index (Phi) is 9.17. The summed E-state index contributed by atoms with van der Waals surface area (Å²) < 4.78 is 133. The van der Waals surface area contributed by atoms with Gasteiger partial charge in [-0.25, -0.2) is 4.79 Å². The van der Waals surface area contributed by atoms with Crippen molar-refractivity contribution in [2.75, 3.05) is 13.2 Å². The summed E-state index contributed by atoms with van der Waals surface area (Å²) in [5, 5.41) is 4.49. The third-order valence-corrected chi connectivity index (χ3v) is 8.00. The first-order chi connectivity index (χ1) is 16.2. The molecule has 0 aliphatic heterocycles. The fourth-order valence-electron chi connectivity index (χ4n) is 5.01. The summed E-state index contributed by atoms with van der Waals surface area (Å²) in [4.78, 5) is 12.4. The van der Waals surface area contributed by atoms with E-state index in [2.05, 4.69) is 6.58 Å². The van der Waals surface area contributed by atoms with E-state index in [1.807, 2.05) is 0 Å². The van der Waals surface area contributed by atoms with E-state index in [0.717, 1.165) is 6.92 Å². The molecular formula is C21H29F7O7S. The highest BCUT2D eigenvalue weighted by Gasteiger charge is 2.65. The number of rotatable bonds is 10. The number of carbonyl (C=O) groups is 1. The normalized spacial score (nSPS) is 27.6. The Morgan fingerprint density at radius 1 is 1.00 bits per heavy atom. The van der Waals surface area contributed by atoms with Gasteiger partial charge >= 0.3 is 33.4 Å². The molecular weight excluding hydrogens is 529 g/mol. The standard InChI is InChI=1S/C21H29F7O7S/c1-12(11-34-10-9-19(22,23)21(27,28)36(31,32)33)17(29)35-16-8-4-5-13-14(16)6-3-7-15(13)18(2,30)20(24,25)26/h13-16,30H,1,3-11H2,2H3,(H,31,32,33). The van der Waals surface area contributed by atoms with Crippen LogP contribution in [-0.2, 0) is 24.4 Å². The molecule has 36 heavy (non-hydrogen) atoms. The Morgan fingerprint density at radius 2 is 1.56 bits per heavy atom. The number of alkyl halides is 7. The van der Waals surface area contributed by atoms with Crippen molar-refractivity contribution in [1.29, 1.82) is 0 Å². The Labute approximate surface area is 203 Å². The Morgan fingerprint density at radius 3 is 2.11 bits per heavy atom. The Hall–Kier alpha value is -1.45. The van der Waals surface area contributed by atoms with Crippen LogP contribution in [0.3, 0.4) is 0 Å². The molecule has 2 aliphatic carbocycles. The van der Waals surface area contributed by atoms with Crippen molar-refractivity contribution in [1.82, 2.24) is 0 Å². The molecule has 7 nitrogen and oxygen atoms in total. The summed E-state index contributed by atoms with van der Waals surface area (Å²) in [5.41, 5.74) is -3.29. The maximum absolute atomic E-state index is 13.5. The third kappa shape index (κ3) is 6.33. The molecule has 5 unspecified atom stereocenters. The maximum atomic E-state index is 13.5. The van der Waals surface area contributed by atoms with E-state index in [4.69, 9.17) is 14.0 Å². The molecule has 0 aromatic carbocycles. The van der Waals surface area contributed by atoms with Gasteiger partial charge < -0.3 is 14.6 Å². The highest BCUT2D eigenvalue weighted by Crippen LogP contribution is 2.52. The molecule has 0 spiro atoms. The van der Waals surface area contributed by atoms with Crippen LogP contribution in [0, 0.1) is 17.8 Å². The second-order valence-electron chi connectivity index (χ2n) is 9.49. The monoisotopic (exact) mass is 558 g/mol. The van der Waals surface area contributed by atoms with Gasteiger partial charge in [0.2, 0.25) is 0 Å². The van der Waals surface area contributed by atoms with Gasteiger partial charge in [0.05, 0.1) is 18.8 Å². The molecule has 2 rings (SSSR count). The third-order valence-electron chi connectivity index (χ3n) is 7.05. The fraction of sp³-hybridized carbons (Fsp3) is 0.857. The van der Waals surface area contributed by atoms with Gasteiger partial charge in [0.25, 0.3) is 0 Å². The van der Waals surface area contributed by atoms with Crippen LogP contribution in [0.2, 0.25) is 0 Å². The molecule has 15 heteroatoms. The lowest BCUT2D eigenvalue weighted by Gasteiger charge is -2.49. The SMILES string of the molecule is C=C(COCCC(F)(F)C(F)(F)S(=O)(=O)O)C(=O)OC1CCCC2C1CCCC2C(C)(O)C(F)(F)F. The molecule has 0 amide bonds. The zero-order valence-corrected chi connectivity index (χ0v) is 20.2. The van der Waals surface area contributed by atoms with Crippen LogP contribution < -0.4 is 0 Å². The molecule has 2 N–H and O–H groups in total. The van der Waals surface area contributed by atoms with Crippen molar-refractivity contribution >= 4 is 16.1 Å². The number of esters is 1. The molecule has 2 saturated carbocycles. The lowest BCUT2D eigenvalue weighted by Crippen LogP contribution is -2.55. The fourth-order valence-corrected chi connectivity index (χ4v) is 5.49. The summed E-state index contributed by atoms with van der Waals surface area (Å²) in [6.07, 6.45) is -5.14. The van der Waals surface area contributed by atoms with E-state index in [9.17, 15) is 49.1 Å². The lowest BCUT2D eigenvalue weighted by molar-refractivity contribution is -0.286. The Bertz CT molecular complexity index is 918. The highest BCUT2D eigenvalue weighted by molar-refractivity contribution is 7.87. The Balaban J connectivity index is 1.93. The van der Waals surface area contributed by atoms with E-state index in [1.165, 1.54) is 0 Å². The zero-order valence-electron chi connectivity index (χ0n) is 19.4. The molecule has 0 saturated heterocycles. The van der Waals surface area contributed by atoms with Crippen LogP contribution in [0.5, 0.6) is 0 Å². The van der Waals surface area contributed by atoms with Crippen LogP contribution in [0.1, 0.15) is 51.9 Å². The van der Waals surface area contributed by atoms with Gasteiger partial charge in [-0.2, -0.15) is 39.2 Å². The van der Waals surface area contributed by atoms with Crippen molar-refractivity contribution in [2.45, 2.75) is 80.9 Å². The minimum Gasteiger partial charge on any atom is -0.459 e. The van der Waals surface area contributed by atoms with E-state index in [1.54, 1.807) is 0 Å². The largest absolute Gasteiger partial charge is 0.459 e. The smallest absolute Gasteiger partial charge is 0.431 e.